The first-order valence-electron chi connectivity index (χ1n) is 5.69. The fourth-order valence-electron chi connectivity index (χ4n) is 1.55. The van der Waals surface area contributed by atoms with Crippen LogP contribution in [0.15, 0.2) is 30.3 Å². The van der Waals surface area contributed by atoms with Crippen molar-refractivity contribution in [3.8, 4) is 0 Å². The van der Waals surface area contributed by atoms with Crippen molar-refractivity contribution in [3.63, 3.8) is 0 Å². The average Bonchev–Trinajstić information content (AvgIpc) is 2.80. The van der Waals surface area contributed by atoms with E-state index in [1.807, 2.05) is 18.2 Å². The minimum Gasteiger partial charge on any atom is -0.479 e. The molecule has 0 aromatic heterocycles. The van der Waals surface area contributed by atoms with Crippen molar-refractivity contribution in [2.75, 3.05) is 0 Å². The van der Waals surface area contributed by atoms with E-state index in [9.17, 15) is 9.59 Å². The Bertz CT molecular complexity index is 509. The Morgan fingerprint density at radius 3 is 2.00 bits per heavy atom. The first-order chi connectivity index (χ1) is 9.34. The van der Waals surface area contributed by atoms with Crippen LogP contribution in [-0.2, 0) is 9.59 Å². The van der Waals surface area contributed by atoms with Gasteiger partial charge in [-0.3, -0.25) is 0 Å². The summed E-state index contributed by atoms with van der Waals surface area (Å²) in [6.45, 7) is 0. The van der Waals surface area contributed by atoms with Gasteiger partial charge in [-0.25, -0.2) is 9.59 Å². The molecule has 3 atom stereocenters. The molecule has 1 aromatic carbocycles. The smallest absolute Gasteiger partial charge is 0.335 e. The highest BCUT2D eigenvalue weighted by Crippen LogP contribution is 2.24. The number of fused-ring (bicyclic) bond motifs is 1. The topological polar surface area (TPSA) is 141 Å². The molecule has 0 spiro atoms. The van der Waals surface area contributed by atoms with Crippen LogP contribution < -0.4 is 5.73 Å². The molecule has 0 saturated heterocycles. The Kier molecular flexibility index (Phi) is 5.39. The second kappa shape index (κ2) is 6.80. The molecule has 0 fully saturated rings. The third kappa shape index (κ3) is 3.89. The summed E-state index contributed by atoms with van der Waals surface area (Å²) < 4.78 is 0. The van der Waals surface area contributed by atoms with E-state index < -0.39 is 24.1 Å². The Hall–Kier alpha value is -2.22. The minimum atomic E-state index is -2.27. The quantitative estimate of drug-likeness (QED) is 0.507. The van der Waals surface area contributed by atoms with Crippen LogP contribution in [0.25, 0.3) is 6.08 Å². The van der Waals surface area contributed by atoms with Gasteiger partial charge in [0.2, 0.25) is 0 Å². The fraction of sp³-hybridized carbons (Fsp3) is 0.231. The van der Waals surface area contributed by atoms with Crippen molar-refractivity contribution in [1.82, 2.24) is 0 Å². The highest BCUT2D eigenvalue weighted by Gasteiger charge is 2.29. The number of rotatable bonds is 3. The first-order valence-corrected chi connectivity index (χ1v) is 5.69. The van der Waals surface area contributed by atoms with Crippen LogP contribution in [0.5, 0.6) is 0 Å². The summed E-state index contributed by atoms with van der Waals surface area (Å²) in [5, 5.41) is 32.5. The second-order valence-electron chi connectivity index (χ2n) is 4.08. The van der Waals surface area contributed by atoms with E-state index in [1.165, 1.54) is 11.1 Å². The van der Waals surface area contributed by atoms with Gasteiger partial charge in [-0.15, -0.1) is 0 Å². The monoisotopic (exact) mass is 281 g/mol. The third-order valence-corrected chi connectivity index (χ3v) is 2.64. The van der Waals surface area contributed by atoms with Gasteiger partial charge in [-0.1, -0.05) is 36.4 Å². The lowest BCUT2D eigenvalue weighted by molar-refractivity contribution is -0.165. The van der Waals surface area contributed by atoms with Crippen LogP contribution >= 0.6 is 0 Å². The maximum absolute atomic E-state index is 9.77. The number of aliphatic hydroxyl groups excluding tert-OH is 2. The molecule has 6 N–H and O–H groups in total. The molecule has 3 unspecified atom stereocenters. The Balaban J connectivity index is 0.000000200. The number of nitrogens with two attached hydrogens (primary N) is 1. The average molecular weight is 281 g/mol. The summed E-state index contributed by atoms with van der Waals surface area (Å²) in [5.41, 5.74) is 8.26. The zero-order valence-corrected chi connectivity index (χ0v) is 10.4. The van der Waals surface area contributed by atoms with Crippen molar-refractivity contribution < 1.29 is 30.0 Å². The van der Waals surface area contributed by atoms with Gasteiger partial charge in [0.05, 0.1) is 0 Å². The molecule has 20 heavy (non-hydrogen) atoms. The summed E-state index contributed by atoms with van der Waals surface area (Å²) in [6, 6.07) is 8.32. The summed E-state index contributed by atoms with van der Waals surface area (Å²) in [6.07, 6.45) is -0.444. The molecule has 0 aliphatic heterocycles. The Labute approximate surface area is 114 Å². The SMILES string of the molecule is NC1C=Cc2ccccc21.O=C(O)C(O)C(O)C(=O)O. The number of benzene rings is 1. The number of carboxylic acid groups (broad SMARTS) is 2. The molecule has 0 amide bonds. The van der Waals surface area contributed by atoms with E-state index in [2.05, 4.69) is 18.2 Å². The van der Waals surface area contributed by atoms with E-state index >= 15 is 0 Å². The van der Waals surface area contributed by atoms with Gasteiger partial charge in [-0.05, 0) is 11.1 Å². The van der Waals surface area contributed by atoms with Crippen molar-refractivity contribution in [1.29, 1.82) is 0 Å². The van der Waals surface area contributed by atoms with Gasteiger partial charge < -0.3 is 26.2 Å². The number of hydrogen-bond donors (Lipinski definition) is 5. The highest BCUT2D eigenvalue weighted by atomic mass is 16.4. The molecule has 1 aliphatic rings. The van der Waals surface area contributed by atoms with E-state index in [4.69, 9.17) is 26.2 Å². The van der Waals surface area contributed by atoms with Gasteiger partial charge >= 0.3 is 11.9 Å². The number of aliphatic hydroxyl groups is 2. The van der Waals surface area contributed by atoms with Gasteiger partial charge in [0.25, 0.3) is 0 Å². The van der Waals surface area contributed by atoms with E-state index in [0.717, 1.165) is 0 Å². The largest absolute Gasteiger partial charge is 0.479 e. The lowest BCUT2D eigenvalue weighted by Gasteiger charge is -2.07. The third-order valence-electron chi connectivity index (χ3n) is 2.64. The molecule has 7 nitrogen and oxygen atoms in total. The maximum Gasteiger partial charge on any atom is 0.335 e. The molecular weight excluding hydrogens is 266 g/mol. The summed E-state index contributed by atoms with van der Waals surface area (Å²) >= 11 is 0. The van der Waals surface area contributed by atoms with Crippen molar-refractivity contribution in [2.45, 2.75) is 18.2 Å². The van der Waals surface area contributed by atoms with Gasteiger partial charge in [-0.2, -0.15) is 0 Å². The van der Waals surface area contributed by atoms with Gasteiger partial charge in [0, 0.05) is 6.04 Å². The van der Waals surface area contributed by atoms with Crippen LogP contribution in [0.4, 0.5) is 0 Å². The molecule has 0 heterocycles. The summed E-state index contributed by atoms with van der Waals surface area (Å²) in [5.74, 6) is -3.54. The molecule has 0 bridgehead atoms. The van der Waals surface area contributed by atoms with Gasteiger partial charge in [0.15, 0.2) is 12.2 Å². The van der Waals surface area contributed by atoms with Gasteiger partial charge in [0.1, 0.15) is 0 Å². The fourth-order valence-corrected chi connectivity index (χ4v) is 1.55. The molecule has 2 rings (SSSR count). The molecule has 1 aliphatic carbocycles. The van der Waals surface area contributed by atoms with E-state index in [1.54, 1.807) is 0 Å². The second-order valence-corrected chi connectivity index (χ2v) is 4.08. The molecule has 0 saturated carbocycles. The molecular formula is C13H15NO6. The van der Waals surface area contributed by atoms with Crippen LogP contribution in [0.3, 0.4) is 0 Å². The lowest BCUT2D eigenvalue weighted by atomic mass is 10.1. The van der Waals surface area contributed by atoms with E-state index in [-0.39, 0.29) is 6.04 Å². The molecule has 7 heteroatoms. The van der Waals surface area contributed by atoms with Crippen LogP contribution in [0.2, 0.25) is 0 Å². The number of carbonyl (C=O) groups is 2. The Morgan fingerprint density at radius 2 is 1.55 bits per heavy atom. The number of carboxylic acids is 2. The molecule has 0 radical (unpaired) electrons. The maximum atomic E-state index is 9.77. The minimum absolute atomic E-state index is 0.121. The van der Waals surface area contributed by atoms with E-state index in [0.29, 0.717) is 0 Å². The zero-order valence-electron chi connectivity index (χ0n) is 10.4. The van der Waals surface area contributed by atoms with Crippen LogP contribution in [0, 0.1) is 0 Å². The molecule has 1 aromatic rings. The van der Waals surface area contributed by atoms with Crippen LogP contribution in [-0.4, -0.2) is 44.6 Å². The lowest BCUT2D eigenvalue weighted by Crippen LogP contribution is -2.39. The number of hydrogen-bond acceptors (Lipinski definition) is 5. The molecule has 108 valence electrons. The first kappa shape index (κ1) is 15.8. The zero-order chi connectivity index (χ0) is 15.3. The number of aliphatic carboxylic acids is 2. The van der Waals surface area contributed by atoms with Crippen molar-refractivity contribution >= 4 is 18.0 Å². The Morgan fingerprint density at radius 1 is 1.05 bits per heavy atom. The summed E-state index contributed by atoms with van der Waals surface area (Å²) in [7, 11) is 0. The predicted octanol–water partition coefficient (Wildman–Crippen LogP) is -0.409. The standard InChI is InChI=1S/C9H9N.C4H6O6/c10-9-6-5-7-3-1-2-4-8(7)9;5-1(3(7)8)2(6)4(9)10/h1-6,9H,10H2;1-2,5-6H,(H,7,8)(H,9,10). The normalized spacial score (nSPS) is 18.4. The highest BCUT2D eigenvalue weighted by molar-refractivity contribution is 5.83. The van der Waals surface area contributed by atoms with Crippen molar-refractivity contribution in [3.05, 3.63) is 41.5 Å². The summed E-state index contributed by atoms with van der Waals surface area (Å²) in [4.78, 5) is 19.5. The van der Waals surface area contributed by atoms with Crippen molar-refractivity contribution in [2.24, 2.45) is 5.73 Å². The predicted molar refractivity (Wildman–Crippen MR) is 69.7 cm³/mol. The van der Waals surface area contributed by atoms with Crippen LogP contribution in [0.1, 0.15) is 17.2 Å².